The molecule has 0 radical (unpaired) electrons. The number of anilines is 1. The van der Waals surface area contributed by atoms with Crippen LogP contribution >= 0.6 is 0 Å². The predicted octanol–water partition coefficient (Wildman–Crippen LogP) is 3.38. The van der Waals surface area contributed by atoms with Gasteiger partial charge in [-0.15, -0.1) is 0 Å². The summed E-state index contributed by atoms with van der Waals surface area (Å²) in [6.07, 6.45) is 0. The largest absolute Gasteiger partial charge is 0.465 e. The Labute approximate surface area is 138 Å². The number of amides is 1. The number of hydrogen-bond acceptors (Lipinski definition) is 5. The van der Waals surface area contributed by atoms with E-state index in [1.54, 1.807) is 24.3 Å². The molecule has 6 nitrogen and oxygen atoms in total. The molecule has 0 aliphatic heterocycles. The molecule has 3 rings (SSSR count). The average Bonchev–Trinajstić information content (AvgIpc) is 3.12. The van der Waals surface area contributed by atoms with Gasteiger partial charge in [0.2, 0.25) is 0 Å². The zero-order valence-electron chi connectivity index (χ0n) is 12.9. The van der Waals surface area contributed by atoms with Gasteiger partial charge in [0.05, 0.1) is 12.7 Å². The highest BCUT2D eigenvalue weighted by Crippen LogP contribution is 2.20. The molecule has 24 heavy (non-hydrogen) atoms. The van der Waals surface area contributed by atoms with Crippen molar-refractivity contribution in [1.82, 2.24) is 5.16 Å². The van der Waals surface area contributed by atoms with Gasteiger partial charge in [0.25, 0.3) is 5.91 Å². The van der Waals surface area contributed by atoms with Crippen LogP contribution < -0.4 is 5.32 Å². The lowest BCUT2D eigenvalue weighted by molar-refractivity contribution is 0.0600. The molecule has 2 aromatic carbocycles. The highest BCUT2D eigenvalue weighted by molar-refractivity contribution is 6.04. The fourth-order valence-corrected chi connectivity index (χ4v) is 2.16. The number of rotatable bonds is 4. The van der Waals surface area contributed by atoms with Crippen LogP contribution in [0.3, 0.4) is 0 Å². The lowest BCUT2D eigenvalue weighted by Crippen LogP contribution is -2.12. The molecule has 1 N–H and O–H groups in total. The van der Waals surface area contributed by atoms with E-state index >= 15 is 0 Å². The summed E-state index contributed by atoms with van der Waals surface area (Å²) < 4.78 is 9.86. The monoisotopic (exact) mass is 322 g/mol. The number of carbonyl (C=O) groups is 2. The molecule has 0 aliphatic carbocycles. The second-order valence-corrected chi connectivity index (χ2v) is 4.97. The van der Waals surface area contributed by atoms with E-state index in [0.29, 0.717) is 17.0 Å². The van der Waals surface area contributed by atoms with Gasteiger partial charge in [0.15, 0.2) is 11.5 Å². The predicted molar refractivity (Wildman–Crippen MR) is 87.7 cm³/mol. The summed E-state index contributed by atoms with van der Waals surface area (Å²) in [6, 6.07) is 17.4. The van der Waals surface area contributed by atoms with E-state index < -0.39 is 11.9 Å². The number of nitrogens with one attached hydrogen (secondary N) is 1. The van der Waals surface area contributed by atoms with Crippen molar-refractivity contribution < 1.29 is 18.8 Å². The van der Waals surface area contributed by atoms with Gasteiger partial charge in [-0.2, -0.15) is 0 Å². The third kappa shape index (κ3) is 3.33. The molecule has 3 aromatic rings. The first kappa shape index (κ1) is 15.5. The fourth-order valence-electron chi connectivity index (χ4n) is 2.16. The van der Waals surface area contributed by atoms with Crippen LogP contribution in [0, 0.1) is 0 Å². The molecule has 1 aromatic heterocycles. The van der Waals surface area contributed by atoms with Gasteiger partial charge in [-0.3, -0.25) is 4.79 Å². The standard InChI is InChI=1S/C18H14N2O4/c1-23-18(22)13-8-5-9-14(10-13)19-17(21)15-11-16(24-20-15)12-6-3-2-4-7-12/h2-11H,1H3,(H,19,21). The summed E-state index contributed by atoms with van der Waals surface area (Å²) in [5.41, 5.74) is 1.79. The first-order chi connectivity index (χ1) is 11.7. The molecule has 0 spiro atoms. The summed E-state index contributed by atoms with van der Waals surface area (Å²) in [5.74, 6) is -0.397. The molecule has 0 unspecified atom stereocenters. The van der Waals surface area contributed by atoms with Crippen molar-refractivity contribution in [1.29, 1.82) is 0 Å². The van der Waals surface area contributed by atoms with Crippen molar-refractivity contribution in [3.63, 3.8) is 0 Å². The molecule has 0 bridgehead atoms. The number of ether oxygens (including phenoxy) is 1. The Hall–Kier alpha value is -3.41. The quantitative estimate of drug-likeness (QED) is 0.745. The molecule has 0 atom stereocenters. The number of nitrogens with zero attached hydrogens (tertiary/aromatic N) is 1. The minimum atomic E-state index is -0.473. The first-order valence-electron chi connectivity index (χ1n) is 7.19. The minimum absolute atomic E-state index is 0.150. The number of esters is 1. The lowest BCUT2D eigenvalue weighted by Gasteiger charge is -2.04. The van der Waals surface area contributed by atoms with Gasteiger partial charge in [-0.05, 0) is 18.2 Å². The van der Waals surface area contributed by atoms with Crippen LogP contribution in [0.5, 0.6) is 0 Å². The molecule has 0 saturated carbocycles. The maximum absolute atomic E-state index is 12.3. The number of benzene rings is 2. The Bertz CT molecular complexity index is 871. The normalized spacial score (nSPS) is 10.2. The van der Waals surface area contributed by atoms with Crippen LogP contribution in [0.15, 0.2) is 65.2 Å². The zero-order chi connectivity index (χ0) is 16.9. The van der Waals surface area contributed by atoms with Gasteiger partial charge >= 0.3 is 5.97 Å². The zero-order valence-corrected chi connectivity index (χ0v) is 12.9. The fraction of sp³-hybridized carbons (Fsp3) is 0.0556. The van der Waals surface area contributed by atoms with Crippen LogP contribution in [0.2, 0.25) is 0 Å². The topological polar surface area (TPSA) is 81.4 Å². The summed E-state index contributed by atoms with van der Waals surface area (Å²) >= 11 is 0. The third-order valence-corrected chi connectivity index (χ3v) is 3.34. The Morgan fingerprint density at radius 1 is 1.04 bits per heavy atom. The van der Waals surface area contributed by atoms with E-state index in [1.807, 2.05) is 30.3 Å². The molecule has 0 aliphatic rings. The van der Waals surface area contributed by atoms with Crippen LogP contribution in [0.4, 0.5) is 5.69 Å². The molecule has 1 heterocycles. The number of carbonyl (C=O) groups excluding carboxylic acids is 2. The second-order valence-electron chi connectivity index (χ2n) is 4.97. The van der Waals surface area contributed by atoms with Crippen LogP contribution in [-0.2, 0) is 4.74 Å². The van der Waals surface area contributed by atoms with Crippen molar-refractivity contribution in [3.8, 4) is 11.3 Å². The van der Waals surface area contributed by atoms with Gasteiger partial charge < -0.3 is 14.6 Å². The van der Waals surface area contributed by atoms with Gasteiger partial charge in [-0.25, -0.2) is 4.79 Å². The average molecular weight is 322 g/mol. The third-order valence-electron chi connectivity index (χ3n) is 3.34. The molecule has 120 valence electrons. The van der Waals surface area contributed by atoms with E-state index in [4.69, 9.17) is 4.52 Å². The van der Waals surface area contributed by atoms with Crippen molar-refractivity contribution in [2.75, 3.05) is 12.4 Å². The van der Waals surface area contributed by atoms with Crippen molar-refractivity contribution in [2.45, 2.75) is 0 Å². The molecule has 1 amide bonds. The molecule has 0 fully saturated rings. The summed E-state index contributed by atoms with van der Waals surface area (Å²) in [7, 11) is 1.30. The highest BCUT2D eigenvalue weighted by Gasteiger charge is 2.14. The summed E-state index contributed by atoms with van der Waals surface area (Å²) in [4.78, 5) is 23.8. The Morgan fingerprint density at radius 3 is 2.58 bits per heavy atom. The van der Waals surface area contributed by atoms with E-state index in [0.717, 1.165) is 5.56 Å². The smallest absolute Gasteiger partial charge is 0.337 e. The van der Waals surface area contributed by atoms with E-state index in [2.05, 4.69) is 15.2 Å². The molecular weight excluding hydrogens is 308 g/mol. The number of aromatic nitrogens is 1. The van der Waals surface area contributed by atoms with Crippen molar-refractivity contribution >= 4 is 17.6 Å². The van der Waals surface area contributed by atoms with E-state index in [9.17, 15) is 9.59 Å². The molecule has 0 saturated heterocycles. The summed E-state index contributed by atoms with van der Waals surface area (Å²) in [5, 5.41) is 6.46. The van der Waals surface area contributed by atoms with Gasteiger partial charge in [-0.1, -0.05) is 41.6 Å². The van der Waals surface area contributed by atoms with Gasteiger partial charge in [0.1, 0.15) is 0 Å². The Morgan fingerprint density at radius 2 is 1.83 bits per heavy atom. The van der Waals surface area contributed by atoms with Crippen LogP contribution in [-0.4, -0.2) is 24.1 Å². The Balaban J connectivity index is 1.76. The summed E-state index contributed by atoms with van der Waals surface area (Å²) in [6.45, 7) is 0. The van der Waals surface area contributed by atoms with Gasteiger partial charge in [0, 0.05) is 17.3 Å². The highest BCUT2D eigenvalue weighted by atomic mass is 16.5. The van der Waals surface area contributed by atoms with Crippen LogP contribution in [0.25, 0.3) is 11.3 Å². The lowest BCUT2D eigenvalue weighted by atomic mass is 10.1. The first-order valence-corrected chi connectivity index (χ1v) is 7.19. The molecular formula is C18H14N2O4. The van der Waals surface area contributed by atoms with E-state index in [-0.39, 0.29) is 5.69 Å². The maximum Gasteiger partial charge on any atom is 0.337 e. The maximum atomic E-state index is 12.3. The molecule has 6 heteroatoms. The number of methoxy groups -OCH3 is 1. The van der Waals surface area contributed by atoms with Crippen molar-refractivity contribution in [2.24, 2.45) is 0 Å². The Kier molecular flexibility index (Phi) is 4.38. The second kappa shape index (κ2) is 6.78. The number of hydrogen-bond donors (Lipinski definition) is 1. The SMILES string of the molecule is COC(=O)c1cccc(NC(=O)c2cc(-c3ccccc3)on2)c1. The van der Waals surface area contributed by atoms with Crippen LogP contribution in [0.1, 0.15) is 20.8 Å². The van der Waals surface area contributed by atoms with Crippen molar-refractivity contribution in [3.05, 3.63) is 71.9 Å². The minimum Gasteiger partial charge on any atom is -0.465 e. The van der Waals surface area contributed by atoms with E-state index in [1.165, 1.54) is 13.2 Å².